The van der Waals surface area contributed by atoms with Crippen molar-refractivity contribution in [1.82, 2.24) is 18.9 Å². The third-order valence-corrected chi connectivity index (χ3v) is 7.08. The first-order chi connectivity index (χ1) is 17.6. The Hall–Kier alpha value is -3.72. The molecule has 0 bridgehead atoms. The third-order valence-electron chi connectivity index (χ3n) is 7.08. The molecule has 0 radical (unpaired) electrons. The van der Waals surface area contributed by atoms with Crippen LogP contribution in [0.1, 0.15) is 23.6 Å². The van der Waals surface area contributed by atoms with Crippen molar-refractivity contribution < 1.29 is 15.4 Å². The summed E-state index contributed by atoms with van der Waals surface area (Å²) in [6.45, 7) is 5.07. The van der Waals surface area contributed by atoms with Gasteiger partial charge < -0.3 is 15.5 Å². The summed E-state index contributed by atoms with van der Waals surface area (Å²) in [5.74, 6) is -1.01. The molecule has 3 N–H and O–H groups in total. The maximum absolute atomic E-state index is 12.9. The van der Waals surface area contributed by atoms with Crippen molar-refractivity contribution in [3.05, 3.63) is 107 Å². The fraction of sp³-hybridized carbons (Fsp3) is 0.310. The van der Waals surface area contributed by atoms with Crippen LogP contribution in [0.25, 0.3) is 11.0 Å². The van der Waals surface area contributed by atoms with Gasteiger partial charge in [-0.25, -0.2) is 4.79 Å². The number of fused-ring (bicyclic) bond motifs is 1. The number of hydrogen-bond acceptors (Lipinski definition) is 4. The lowest BCUT2D eigenvalue weighted by Crippen LogP contribution is -2.48. The van der Waals surface area contributed by atoms with E-state index < -0.39 is 5.97 Å². The molecule has 1 aliphatic rings. The molecule has 0 spiro atoms. The van der Waals surface area contributed by atoms with Crippen molar-refractivity contribution in [2.75, 3.05) is 32.7 Å². The highest BCUT2D eigenvalue weighted by Crippen LogP contribution is 2.29. The Morgan fingerprint density at radius 1 is 0.730 bits per heavy atom. The predicted molar refractivity (Wildman–Crippen MR) is 145 cm³/mol. The number of aryl methyl sites for hydroxylation is 1. The van der Waals surface area contributed by atoms with Crippen LogP contribution in [0.4, 0.5) is 0 Å². The van der Waals surface area contributed by atoms with Crippen LogP contribution in [0.3, 0.4) is 0 Å². The van der Waals surface area contributed by atoms with Gasteiger partial charge in [0.2, 0.25) is 0 Å². The van der Waals surface area contributed by atoms with Gasteiger partial charge in [-0.3, -0.25) is 18.8 Å². The van der Waals surface area contributed by atoms with Crippen LogP contribution < -0.4 is 5.69 Å². The number of para-hydroxylation sites is 2. The standard InChI is InChI=1S/C29H32N4O3.H2O/c34-27(35)22-33-26-15-8-7-14-25(26)32(29(33)36)17-9-16-30-18-20-31(21-19-30)28(23-10-3-1-4-11-23)24-12-5-2-6-13-24;/h1-8,10-15,28H,9,16-22H2,(H,34,35);1H2. The quantitative estimate of drug-likeness (QED) is 0.379. The maximum Gasteiger partial charge on any atom is 0.329 e. The largest absolute Gasteiger partial charge is 0.480 e. The molecule has 2 heterocycles. The van der Waals surface area contributed by atoms with Crippen LogP contribution in [-0.4, -0.2) is 68.2 Å². The summed E-state index contributed by atoms with van der Waals surface area (Å²) < 4.78 is 3.07. The number of benzene rings is 3. The highest BCUT2D eigenvalue weighted by molar-refractivity contribution is 5.78. The monoisotopic (exact) mass is 502 g/mol. The van der Waals surface area contributed by atoms with E-state index in [2.05, 4.69) is 70.5 Å². The first kappa shape index (κ1) is 26.3. The van der Waals surface area contributed by atoms with Gasteiger partial charge in [0.25, 0.3) is 0 Å². The van der Waals surface area contributed by atoms with Gasteiger partial charge in [-0.1, -0.05) is 72.8 Å². The number of aromatic nitrogens is 2. The molecule has 3 aromatic carbocycles. The lowest BCUT2D eigenvalue weighted by Gasteiger charge is -2.39. The van der Waals surface area contributed by atoms with Crippen molar-refractivity contribution >= 4 is 17.0 Å². The summed E-state index contributed by atoms with van der Waals surface area (Å²) >= 11 is 0. The lowest BCUT2D eigenvalue weighted by atomic mass is 9.96. The molecular formula is C29H34N4O4. The predicted octanol–water partition coefficient (Wildman–Crippen LogP) is 2.86. The minimum Gasteiger partial charge on any atom is -0.480 e. The van der Waals surface area contributed by atoms with Crippen LogP contribution >= 0.6 is 0 Å². The van der Waals surface area contributed by atoms with E-state index in [0.29, 0.717) is 12.1 Å². The molecule has 1 aliphatic heterocycles. The molecule has 1 fully saturated rings. The molecule has 1 aromatic heterocycles. The second-order valence-corrected chi connectivity index (χ2v) is 9.36. The van der Waals surface area contributed by atoms with Gasteiger partial charge in [0.1, 0.15) is 6.54 Å². The summed E-state index contributed by atoms with van der Waals surface area (Å²) in [4.78, 5) is 29.2. The number of carboxylic acid groups (broad SMARTS) is 1. The zero-order valence-corrected chi connectivity index (χ0v) is 20.9. The Balaban J connectivity index is 0.00000320. The number of rotatable bonds is 9. The van der Waals surface area contributed by atoms with Crippen molar-refractivity contribution in [2.24, 2.45) is 0 Å². The zero-order chi connectivity index (χ0) is 24.9. The highest BCUT2D eigenvalue weighted by Gasteiger charge is 2.26. The third kappa shape index (κ3) is 5.83. The van der Waals surface area contributed by atoms with Gasteiger partial charge in [-0.15, -0.1) is 0 Å². The zero-order valence-electron chi connectivity index (χ0n) is 20.9. The van der Waals surface area contributed by atoms with Gasteiger partial charge in [0.05, 0.1) is 17.1 Å². The lowest BCUT2D eigenvalue weighted by molar-refractivity contribution is -0.137. The number of aliphatic carboxylic acids is 1. The molecule has 5 rings (SSSR count). The first-order valence-electron chi connectivity index (χ1n) is 12.6. The number of piperazine rings is 1. The molecule has 0 atom stereocenters. The molecule has 37 heavy (non-hydrogen) atoms. The number of carboxylic acids is 1. The van der Waals surface area contributed by atoms with Crippen LogP contribution in [0, 0.1) is 0 Å². The van der Waals surface area contributed by atoms with E-state index in [9.17, 15) is 14.7 Å². The molecule has 0 unspecified atom stereocenters. The molecule has 4 aromatic rings. The van der Waals surface area contributed by atoms with E-state index >= 15 is 0 Å². The van der Waals surface area contributed by atoms with E-state index in [1.165, 1.54) is 15.7 Å². The average molecular weight is 503 g/mol. The van der Waals surface area contributed by atoms with E-state index in [0.717, 1.165) is 44.7 Å². The average Bonchev–Trinajstić information content (AvgIpc) is 3.17. The fourth-order valence-electron chi connectivity index (χ4n) is 5.36. The van der Waals surface area contributed by atoms with Gasteiger partial charge >= 0.3 is 11.7 Å². The van der Waals surface area contributed by atoms with Crippen LogP contribution in [0.2, 0.25) is 0 Å². The van der Waals surface area contributed by atoms with Crippen molar-refractivity contribution in [1.29, 1.82) is 0 Å². The van der Waals surface area contributed by atoms with E-state index in [-0.39, 0.29) is 23.8 Å². The summed E-state index contributed by atoms with van der Waals surface area (Å²) in [6, 6.07) is 29.1. The topological polar surface area (TPSA) is 102 Å². The highest BCUT2D eigenvalue weighted by atomic mass is 16.4. The molecular weight excluding hydrogens is 468 g/mol. The molecule has 8 heteroatoms. The minimum absolute atomic E-state index is 0. The van der Waals surface area contributed by atoms with Crippen molar-refractivity contribution in [2.45, 2.75) is 25.6 Å². The smallest absolute Gasteiger partial charge is 0.329 e. The van der Waals surface area contributed by atoms with Crippen molar-refractivity contribution in [3.63, 3.8) is 0 Å². The Bertz CT molecular complexity index is 1320. The molecule has 1 saturated heterocycles. The number of hydrogen-bond donors (Lipinski definition) is 1. The number of carbonyl (C=O) groups is 1. The van der Waals surface area contributed by atoms with Crippen molar-refractivity contribution in [3.8, 4) is 0 Å². The molecule has 0 aliphatic carbocycles. The molecule has 0 saturated carbocycles. The molecule has 0 amide bonds. The van der Waals surface area contributed by atoms with Crippen LogP contribution in [-0.2, 0) is 17.9 Å². The SMILES string of the molecule is O.O=C(O)Cn1c(=O)n(CCCN2CCN(C(c3ccccc3)c3ccccc3)CC2)c2ccccc21. The molecule has 194 valence electrons. The van der Waals surface area contributed by atoms with Crippen LogP contribution in [0.15, 0.2) is 89.7 Å². The second kappa shape index (κ2) is 12.0. The van der Waals surface area contributed by atoms with E-state index in [1.54, 1.807) is 4.57 Å². The normalized spacial score (nSPS) is 14.6. The second-order valence-electron chi connectivity index (χ2n) is 9.36. The van der Waals surface area contributed by atoms with Gasteiger partial charge in [-0.05, 0) is 36.2 Å². The Labute approximate surface area is 216 Å². The maximum atomic E-state index is 12.9. The minimum atomic E-state index is -1.01. The van der Waals surface area contributed by atoms with E-state index in [1.807, 2.05) is 24.3 Å². The van der Waals surface area contributed by atoms with Gasteiger partial charge in [0.15, 0.2) is 0 Å². The first-order valence-corrected chi connectivity index (χ1v) is 12.6. The number of nitrogens with zero attached hydrogens (tertiary/aromatic N) is 4. The summed E-state index contributed by atoms with van der Waals surface area (Å²) in [6.07, 6.45) is 0.835. The summed E-state index contributed by atoms with van der Waals surface area (Å²) in [5.41, 5.74) is 3.84. The summed E-state index contributed by atoms with van der Waals surface area (Å²) in [7, 11) is 0. The Morgan fingerprint density at radius 2 is 1.24 bits per heavy atom. The number of imidazole rings is 1. The summed E-state index contributed by atoms with van der Waals surface area (Å²) in [5, 5.41) is 9.23. The van der Waals surface area contributed by atoms with Gasteiger partial charge in [0, 0.05) is 32.7 Å². The van der Waals surface area contributed by atoms with E-state index in [4.69, 9.17) is 0 Å². The van der Waals surface area contributed by atoms with Crippen LogP contribution in [0.5, 0.6) is 0 Å². The Kier molecular flexibility index (Phi) is 8.55. The Morgan fingerprint density at radius 3 is 1.78 bits per heavy atom. The fourth-order valence-corrected chi connectivity index (χ4v) is 5.36. The van der Waals surface area contributed by atoms with Gasteiger partial charge in [-0.2, -0.15) is 0 Å². The molecule has 8 nitrogen and oxygen atoms in total.